The minimum absolute atomic E-state index is 0.122. The Balaban J connectivity index is 1.47. The van der Waals surface area contributed by atoms with Crippen molar-refractivity contribution in [2.45, 2.75) is 12.5 Å². The number of hydrogen-bond acceptors (Lipinski definition) is 6. The first-order valence-electron chi connectivity index (χ1n) is 12.4. The van der Waals surface area contributed by atoms with Gasteiger partial charge in [0.15, 0.2) is 0 Å². The third-order valence-electron chi connectivity index (χ3n) is 6.51. The van der Waals surface area contributed by atoms with Gasteiger partial charge in [-0.25, -0.2) is 23.4 Å². The van der Waals surface area contributed by atoms with Crippen LogP contribution in [0, 0.1) is 0 Å². The first-order valence-corrected chi connectivity index (χ1v) is 14.6. The van der Waals surface area contributed by atoms with Gasteiger partial charge in [0.25, 0.3) is 0 Å². The molecule has 1 aliphatic rings. The zero-order valence-corrected chi connectivity index (χ0v) is 22.6. The highest BCUT2D eigenvalue weighted by atomic mass is 35.5. The average molecular weight is 554 g/mol. The molecule has 0 amide bonds. The Morgan fingerprint density at radius 3 is 2.23 bits per heavy atom. The van der Waals surface area contributed by atoms with Gasteiger partial charge in [0, 0.05) is 28.1 Å². The largest absolute Gasteiger partial charge is 0.284 e. The lowest BCUT2D eigenvalue weighted by Crippen LogP contribution is -2.21. The lowest BCUT2D eigenvalue weighted by molar-refractivity contribution is 0.607. The maximum Gasteiger partial charge on any atom is 0.247 e. The van der Waals surface area contributed by atoms with Gasteiger partial charge in [0.1, 0.15) is 0 Å². The molecule has 0 saturated carbocycles. The van der Waals surface area contributed by atoms with Crippen molar-refractivity contribution in [2.75, 3.05) is 16.0 Å². The van der Waals surface area contributed by atoms with E-state index in [9.17, 15) is 8.42 Å². The number of rotatable bonds is 6. The van der Waals surface area contributed by atoms with Crippen molar-refractivity contribution in [1.29, 1.82) is 0 Å². The van der Waals surface area contributed by atoms with E-state index >= 15 is 0 Å². The highest BCUT2D eigenvalue weighted by Gasteiger charge is 2.32. The number of hydrazone groups is 1. The van der Waals surface area contributed by atoms with Gasteiger partial charge in [-0.3, -0.25) is 4.72 Å². The minimum Gasteiger partial charge on any atom is -0.284 e. The van der Waals surface area contributed by atoms with Crippen molar-refractivity contribution in [3.63, 3.8) is 0 Å². The van der Waals surface area contributed by atoms with Crippen molar-refractivity contribution in [2.24, 2.45) is 5.10 Å². The fourth-order valence-electron chi connectivity index (χ4n) is 4.76. The fraction of sp³-hybridized carbons (Fsp3) is 0.100. The number of benzene rings is 4. The average Bonchev–Trinajstić information content (AvgIpc) is 3.39. The number of anilines is 2. The summed E-state index contributed by atoms with van der Waals surface area (Å²) in [4.78, 5) is 9.94. The molecule has 4 aromatic carbocycles. The number of nitrogens with zero attached hydrogens (tertiary/aromatic N) is 4. The van der Waals surface area contributed by atoms with Gasteiger partial charge in [-0.05, 0) is 41.5 Å². The number of nitrogens with one attached hydrogen (secondary N) is 1. The predicted molar refractivity (Wildman–Crippen MR) is 158 cm³/mol. The van der Waals surface area contributed by atoms with Gasteiger partial charge in [-0.15, -0.1) is 0 Å². The third kappa shape index (κ3) is 5.34. The number of hydrogen-bond donors (Lipinski definition) is 1. The van der Waals surface area contributed by atoms with Crippen LogP contribution >= 0.6 is 11.6 Å². The Labute approximate surface area is 231 Å². The Morgan fingerprint density at radius 2 is 1.54 bits per heavy atom. The molecule has 0 saturated heterocycles. The Bertz CT molecular complexity index is 1800. The third-order valence-corrected chi connectivity index (χ3v) is 7.36. The van der Waals surface area contributed by atoms with Crippen LogP contribution in [0.15, 0.2) is 108 Å². The monoisotopic (exact) mass is 553 g/mol. The van der Waals surface area contributed by atoms with E-state index < -0.39 is 10.0 Å². The molecule has 39 heavy (non-hydrogen) atoms. The highest BCUT2D eigenvalue weighted by Crippen LogP contribution is 2.38. The van der Waals surface area contributed by atoms with Crippen LogP contribution in [0.3, 0.4) is 0 Å². The number of fused-ring (bicyclic) bond motifs is 1. The van der Waals surface area contributed by atoms with E-state index in [2.05, 4.69) is 16.9 Å². The fourth-order valence-corrected chi connectivity index (χ4v) is 5.49. The van der Waals surface area contributed by atoms with Crippen LogP contribution < -0.4 is 9.73 Å². The first kappa shape index (κ1) is 25.0. The minimum atomic E-state index is -3.36. The number of aromatic nitrogens is 2. The summed E-state index contributed by atoms with van der Waals surface area (Å²) in [5.41, 5.74) is 5.86. The van der Waals surface area contributed by atoms with Gasteiger partial charge in [-0.2, -0.15) is 5.10 Å². The molecule has 1 atom stereocenters. The molecule has 0 fully saturated rings. The molecule has 1 aliphatic heterocycles. The van der Waals surface area contributed by atoms with E-state index in [-0.39, 0.29) is 6.04 Å². The molecule has 2 heterocycles. The summed E-state index contributed by atoms with van der Waals surface area (Å²) in [6.45, 7) is 0. The molecule has 0 spiro atoms. The van der Waals surface area contributed by atoms with Crippen LogP contribution in [-0.4, -0.2) is 30.4 Å². The molecular formula is C30H24ClN5O2S. The van der Waals surface area contributed by atoms with E-state index in [0.29, 0.717) is 23.1 Å². The SMILES string of the molecule is CS(=O)(=O)Nc1ccc(C2=NN(c3nc(-c4ccccc4)c4cc(Cl)ccc4n3)[C@@H](c3ccccc3)C2)cc1. The van der Waals surface area contributed by atoms with Crippen LogP contribution in [0.4, 0.5) is 11.6 Å². The van der Waals surface area contributed by atoms with Crippen molar-refractivity contribution >= 4 is 49.9 Å². The van der Waals surface area contributed by atoms with Crippen LogP contribution in [0.25, 0.3) is 22.2 Å². The molecule has 1 aromatic heterocycles. The molecule has 6 rings (SSSR count). The van der Waals surface area contributed by atoms with Crippen molar-refractivity contribution in [3.8, 4) is 11.3 Å². The summed E-state index contributed by atoms with van der Waals surface area (Å²) >= 11 is 6.36. The topological polar surface area (TPSA) is 87.5 Å². The van der Waals surface area contributed by atoms with Gasteiger partial charge >= 0.3 is 0 Å². The highest BCUT2D eigenvalue weighted by molar-refractivity contribution is 7.92. The molecule has 0 bridgehead atoms. The van der Waals surface area contributed by atoms with Crippen molar-refractivity contribution in [3.05, 3.63) is 119 Å². The zero-order chi connectivity index (χ0) is 27.0. The van der Waals surface area contributed by atoms with E-state index in [4.69, 9.17) is 26.7 Å². The Kier molecular flexibility index (Phi) is 6.50. The van der Waals surface area contributed by atoms with Crippen LogP contribution in [-0.2, 0) is 10.0 Å². The van der Waals surface area contributed by atoms with E-state index in [1.54, 1.807) is 12.1 Å². The second-order valence-corrected chi connectivity index (χ2v) is 11.6. The summed E-state index contributed by atoms with van der Waals surface area (Å²) in [6, 6.07) is 32.9. The summed E-state index contributed by atoms with van der Waals surface area (Å²) in [5, 5.41) is 8.38. The molecule has 9 heteroatoms. The maximum atomic E-state index is 11.6. The van der Waals surface area contributed by atoms with Crippen molar-refractivity contribution in [1.82, 2.24) is 9.97 Å². The van der Waals surface area contributed by atoms with Crippen LogP contribution in [0.2, 0.25) is 5.02 Å². The smallest absolute Gasteiger partial charge is 0.247 e. The predicted octanol–water partition coefficient (Wildman–Crippen LogP) is 6.68. The Morgan fingerprint density at radius 1 is 0.846 bits per heavy atom. The molecule has 0 radical (unpaired) electrons. The van der Waals surface area contributed by atoms with Crippen LogP contribution in [0.5, 0.6) is 0 Å². The summed E-state index contributed by atoms with van der Waals surface area (Å²) in [7, 11) is -3.36. The molecule has 0 aliphatic carbocycles. The lowest BCUT2D eigenvalue weighted by Gasteiger charge is -2.23. The van der Waals surface area contributed by atoms with Gasteiger partial charge in [0.05, 0.1) is 29.2 Å². The Hall–Kier alpha value is -4.27. The zero-order valence-electron chi connectivity index (χ0n) is 21.0. The van der Waals surface area contributed by atoms with Crippen molar-refractivity contribution < 1.29 is 8.42 Å². The summed E-state index contributed by atoms with van der Waals surface area (Å²) < 4.78 is 25.7. The van der Waals surface area contributed by atoms with E-state index in [1.807, 2.05) is 83.9 Å². The quantitative estimate of drug-likeness (QED) is 0.253. The standard InChI is InChI=1S/C30H24ClN5O2S/c1-39(37,38)35-24-15-12-20(13-16-24)27-19-28(21-8-4-2-5-9-21)36(34-27)30-32-26-17-14-23(31)18-25(26)29(33-30)22-10-6-3-7-11-22/h2-18,28,35H,19H2,1H3/t28-/m1/s1. The van der Waals surface area contributed by atoms with E-state index in [0.717, 1.165) is 45.3 Å². The van der Waals surface area contributed by atoms with Crippen LogP contribution in [0.1, 0.15) is 23.6 Å². The molecule has 194 valence electrons. The molecule has 1 N–H and O–H groups in total. The lowest BCUT2D eigenvalue weighted by atomic mass is 9.98. The number of halogens is 1. The first-order chi connectivity index (χ1) is 18.8. The van der Waals surface area contributed by atoms with E-state index in [1.165, 1.54) is 0 Å². The van der Waals surface area contributed by atoms with Gasteiger partial charge in [0.2, 0.25) is 16.0 Å². The summed E-state index contributed by atoms with van der Waals surface area (Å²) in [6.07, 6.45) is 1.76. The normalized spacial score (nSPS) is 15.4. The van der Waals surface area contributed by atoms with Gasteiger partial charge < -0.3 is 0 Å². The molecule has 5 aromatic rings. The van der Waals surface area contributed by atoms with Gasteiger partial charge in [-0.1, -0.05) is 84.4 Å². The molecule has 7 nitrogen and oxygen atoms in total. The number of sulfonamides is 1. The summed E-state index contributed by atoms with van der Waals surface area (Å²) in [5.74, 6) is 0.489. The molecular weight excluding hydrogens is 530 g/mol. The second kappa shape index (κ2) is 10.1. The molecule has 0 unspecified atom stereocenters. The maximum absolute atomic E-state index is 11.6. The second-order valence-electron chi connectivity index (χ2n) is 9.37.